The number of amides is 1. The number of nitrogens with zero attached hydrogens (tertiary/aromatic N) is 2. The molecule has 1 N–H and O–H groups in total. The van der Waals surface area contributed by atoms with Gasteiger partial charge in [-0.1, -0.05) is 30.9 Å². The third-order valence-corrected chi connectivity index (χ3v) is 5.22. The molecule has 1 aliphatic heterocycles. The normalized spacial score (nSPS) is 15.3. The number of nitrogens with one attached hydrogen (secondary N) is 1. The van der Waals surface area contributed by atoms with Gasteiger partial charge in [-0.2, -0.15) is 5.10 Å². The van der Waals surface area contributed by atoms with E-state index in [2.05, 4.69) is 35.2 Å². The van der Waals surface area contributed by atoms with Crippen LogP contribution in [0.25, 0.3) is 5.69 Å². The summed E-state index contributed by atoms with van der Waals surface area (Å²) in [5.74, 6) is 1.70. The van der Waals surface area contributed by atoms with E-state index in [1.165, 1.54) is 0 Å². The summed E-state index contributed by atoms with van der Waals surface area (Å²) in [7, 11) is 1.61. The number of rotatable bonds is 6. The van der Waals surface area contributed by atoms with E-state index < -0.39 is 0 Å². The highest BCUT2D eigenvalue weighted by molar-refractivity contribution is 5.95. The van der Waals surface area contributed by atoms with Gasteiger partial charge in [0.25, 0.3) is 0 Å². The molecule has 6 nitrogen and oxygen atoms in total. The number of ether oxygens (including phenoxy) is 2. The molecular formula is C24H25N3O3. The van der Waals surface area contributed by atoms with Gasteiger partial charge < -0.3 is 14.8 Å². The molecule has 0 spiro atoms. The molecule has 1 amide bonds. The second kappa shape index (κ2) is 8.06. The molecular weight excluding hydrogens is 378 g/mol. The van der Waals surface area contributed by atoms with E-state index >= 15 is 0 Å². The highest BCUT2D eigenvalue weighted by Crippen LogP contribution is 2.44. The molecule has 1 atom stereocenters. The first-order valence-corrected chi connectivity index (χ1v) is 9.89. The van der Waals surface area contributed by atoms with Crippen molar-refractivity contribution in [1.29, 1.82) is 0 Å². The van der Waals surface area contributed by atoms with Crippen molar-refractivity contribution in [3.8, 4) is 17.2 Å². The van der Waals surface area contributed by atoms with E-state index in [0.717, 1.165) is 27.9 Å². The summed E-state index contributed by atoms with van der Waals surface area (Å²) in [4.78, 5) is 12.7. The van der Waals surface area contributed by atoms with Gasteiger partial charge in [-0.3, -0.25) is 4.79 Å². The number of aromatic nitrogens is 2. The molecule has 30 heavy (non-hydrogen) atoms. The summed E-state index contributed by atoms with van der Waals surface area (Å²) in [6.45, 7) is 8.18. The molecule has 1 unspecified atom stereocenters. The Morgan fingerprint density at radius 1 is 1.23 bits per heavy atom. The maximum absolute atomic E-state index is 12.7. The zero-order valence-corrected chi connectivity index (χ0v) is 17.4. The van der Waals surface area contributed by atoms with Gasteiger partial charge in [0.2, 0.25) is 5.91 Å². The molecule has 4 rings (SSSR count). The minimum Gasteiger partial charge on any atom is -0.493 e. The number of carbonyl (C=O) groups excluding carboxylic acids is 1. The number of anilines is 1. The van der Waals surface area contributed by atoms with Crippen LogP contribution in [0.4, 0.5) is 5.82 Å². The zero-order chi connectivity index (χ0) is 21.3. The van der Waals surface area contributed by atoms with Crippen molar-refractivity contribution in [2.75, 3.05) is 19.0 Å². The summed E-state index contributed by atoms with van der Waals surface area (Å²) < 4.78 is 13.2. The lowest BCUT2D eigenvalue weighted by Gasteiger charge is -2.26. The fourth-order valence-corrected chi connectivity index (χ4v) is 4.03. The van der Waals surface area contributed by atoms with Gasteiger partial charge in [-0.05, 0) is 43.2 Å². The van der Waals surface area contributed by atoms with Gasteiger partial charge in [0.15, 0.2) is 11.5 Å². The molecule has 2 heterocycles. The summed E-state index contributed by atoms with van der Waals surface area (Å²) in [6.07, 6.45) is 3.82. The van der Waals surface area contributed by atoms with Crippen LogP contribution in [0, 0.1) is 13.8 Å². The predicted molar refractivity (Wildman–Crippen MR) is 117 cm³/mol. The van der Waals surface area contributed by atoms with E-state index in [0.29, 0.717) is 30.3 Å². The van der Waals surface area contributed by atoms with Crippen molar-refractivity contribution < 1.29 is 14.3 Å². The first-order chi connectivity index (χ1) is 14.5. The van der Waals surface area contributed by atoms with Crippen molar-refractivity contribution in [2.45, 2.75) is 26.2 Å². The average Bonchev–Trinajstić information content (AvgIpc) is 3.14. The Kier molecular flexibility index (Phi) is 5.31. The van der Waals surface area contributed by atoms with Crippen molar-refractivity contribution in [1.82, 2.24) is 9.78 Å². The minimum absolute atomic E-state index is 0.0592. The third-order valence-electron chi connectivity index (χ3n) is 5.22. The van der Waals surface area contributed by atoms with Crippen LogP contribution >= 0.6 is 0 Å². The average molecular weight is 403 g/mol. The summed E-state index contributed by atoms with van der Waals surface area (Å²) in [5, 5.41) is 7.62. The molecule has 1 aromatic heterocycles. The lowest BCUT2D eigenvalue weighted by Crippen LogP contribution is -2.25. The third kappa shape index (κ3) is 3.56. The number of fused-ring (bicyclic) bond motifs is 1. The van der Waals surface area contributed by atoms with Gasteiger partial charge in [0.05, 0.1) is 19.0 Å². The fraction of sp³-hybridized carbons (Fsp3) is 0.250. The van der Waals surface area contributed by atoms with E-state index in [4.69, 9.17) is 9.47 Å². The van der Waals surface area contributed by atoms with Gasteiger partial charge in [0.1, 0.15) is 12.4 Å². The Labute approximate surface area is 176 Å². The first kappa shape index (κ1) is 19.8. The van der Waals surface area contributed by atoms with Crippen molar-refractivity contribution in [3.05, 3.63) is 77.5 Å². The van der Waals surface area contributed by atoms with Crippen molar-refractivity contribution in [3.63, 3.8) is 0 Å². The molecule has 2 aromatic carbocycles. The van der Waals surface area contributed by atoms with Crippen LogP contribution in [0.5, 0.6) is 11.5 Å². The number of carbonyl (C=O) groups is 1. The molecule has 1 aliphatic rings. The summed E-state index contributed by atoms with van der Waals surface area (Å²) >= 11 is 0. The topological polar surface area (TPSA) is 65.4 Å². The maximum Gasteiger partial charge on any atom is 0.226 e. The van der Waals surface area contributed by atoms with Crippen LogP contribution in [0.15, 0.2) is 55.3 Å². The second-order valence-electron chi connectivity index (χ2n) is 7.49. The first-order valence-electron chi connectivity index (χ1n) is 9.89. The van der Waals surface area contributed by atoms with Crippen molar-refractivity contribution in [2.24, 2.45) is 0 Å². The monoisotopic (exact) mass is 403 g/mol. The largest absolute Gasteiger partial charge is 0.493 e. The van der Waals surface area contributed by atoms with Crippen LogP contribution in [0.3, 0.4) is 0 Å². The Bertz CT molecular complexity index is 1100. The Hall–Kier alpha value is -3.54. The standard InChI is InChI=1S/C24H25N3O3/c1-5-9-30-23-18(7-6-8-21(23)29-4)19-13-22(28)26-24-20(19)14-25-27(24)17-11-15(2)10-16(3)12-17/h5-8,10-12,14,19H,1,9,13H2,2-4H3,(H,26,28). The number of benzene rings is 2. The van der Waals surface area contributed by atoms with Crippen LogP contribution in [-0.4, -0.2) is 29.4 Å². The quantitative estimate of drug-likeness (QED) is 0.614. The lowest BCUT2D eigenvalue weighted by atomic mass is 9.86. The minimum atomic E-state index is -0.191. The molecule has 6 heteroatoms. The second-order valence-corrected chi connectivity index (χ2v) is 7.49. The van der Waals surface area contributed by atoms with E-state index in [9.17, 15) is 4.79 Å². The molecule has 0 aliphatic carbocycles. The highest BCUT2D eigenvalue weighted by Gasteiger charge is 2.33. The molecule has 0 saturated heterocycles. The molecule has 154 valence electrons. The summed E-state index contributed by atoms with van der Waals surface area (Å²) in [5.41, 5.74) is 5.04. The number of para-hydroxylation sites is 1. The van der Waals surface area contributed by atoms with Crippen molar-refractivity contribution >= 4 is 11.7 Å². The number of aryl methyl sites for hydroxylation is 2. The summed E-state index contributed by atoms with van der Waals surface area (Å²) in [6, 6.07) is 12.0. The van der Waals surface area contributed by atoms with Crippen LogP contribution in [-0.2, 0) is 4.79 Å². The SMILES string of the molecule is C=CCOc1c(OC)cccc1C1CC(=O)Nc2c1cnn2-c1cc(C)cc(C)c1. The predicted octanol–water partition coefficient (Wildman–Crippen LogP) is 4.54. The Balaban J connectivity index is 1.84. The van der Waals surface area contributed by atoms with Gasteiger partial charge in [-0.15, -0.1) is 0 Å². The molecule has 0 radical (unpaired) electrons. The molecule has 0 fully saturated rings. The number of hydrogen-bond donors (Lipinski definition) is 1. The maximum atomic E-state index is 12.7. The fourth-order valence-electron chi connectivity index (χ4n) is 4.03. The van der Waals surface area contributed by atoms with E-state index in [-0.39, 0.29) is 11.8 Å². The molecule has 0 bridgehead atoms. The van der Waals surface area contributed by atoms with Gasteiger partial charge >= 0.3 is 0 Å². The van der Waals surface area contributed by atoms with Gasteiger partial charge in [-0.25, -0.2) is 4.68 Å². The van der Waals surface area contributed by atoms with Gasteiger partial charge in [0, 0.05) is 23.5 Å². The van der Waals surface area contributed by atoms with Crippen LogP contribution < -0.4 is 14.8 Å². The zero-order valence-electron chi connectivity index (χ0n) is 17.4. The molecule has 3 aromatic rings. The van der Waals surface area contributed by atoms with Crippen LogP contribution in [0.1, 0.15) is 34.6 Å². The van der Waals surface area contributed by atoms with Crippen LogP contribution in [0.2, 0.25) is 0 Å². The van der Waals surface area contributed by atoms with E-state index in [1.54, 1.807) is 17.9 Å². The number of hydrogen-bond acceptors (Lipinski definition) is 4. The Morgan fingerprint density at radius 2 is 2.00 bits per heavy atom. The molecule has 0 saturated carbocycles. The number of methoxy groups -OCH3 is 1. The lowest BCUT2D eigenvalue weighted by molar-refractivity contribution is -0.116. The van der Waals surface area contributed by atoms with E-state index in [1.807, 2.05) is 38.2 Å². The highest BCUT2D eigenvalue weighted by atomic mass is 16.5. The smallest absolute Gasteiger partial charge is 0.226 e. The Morgan fingerprint density at radius 3 is 2.70 bits per heavy atom.